The lowest BCUT2D eigenvalue weighted by atomic mass is 10.1. The molecule has 4 heteroatoms. The fourth-order valence-electron chi connectivity index (χ4n) is 1.77. The minimum Gasteiger partial charge on any atom is -0.398 e. The van der Waals surface area contributed by atoms with Gasteiger partial charge in [0.2, 0.25) is 0 Å². The van der Waals surface area contributed by atoms with Crippen LogP contribution < -0.4 is 5.73 Å². The van der Waals surface area contributed by atoms with Crippen LogP contribution in [-0.4, -0.2) is 23.4 Å². The average Bonchev–Trinajstić information content (AvgIpc) is 3.13. The largest absolute Gasteiger partial charge is 0.398 e. The van der Waals surface area contributed by atoms with E-state index in [2.05, 4.69) is 22.5 Å². The molecule has 17 heavy (non-hydrogen) atoms. The summed E-state index contributed by atoms with van der Waals surface area (Å²) in [6.07, 6.45) is 3.94. The van der Waals surface area contributed by atoms with Crippen molar-refractivity contribution < 1.29 is 4.79 Å². The van der Waals surface area contributed by atoms with Crippen molar-refractivity contribution >= 4 is 27.5 Å². The summed E-state index contributed by atoms with van der Waals surface area (Å²) in [5, 5.41) is 0. The number of carbonyl (C=O) groups is 1. The molecule has 0 unspecified atom stereocenters. The molecule has 1 aliphatic rings. The number of carbonyl (C=O) groups excluding carboxylic acids is 1. The van der Waals surface area contributed by atoms with E-state index < -0.39 is 0 Å². The number of amides is 1. The fraction of sp³-hybridized carbons (Fsp3) is 0.308. The Hall–Kier alpha value is -1.29. The zero-order valence-electron chi connectivity index (χ0n) is 9.53. The summed E-state index contributed by atoms with van der Waals surface area (Å²) in [5.74, 6) is 0.0339. The number of rotatable bonds is 4. The molecule has 0 radical (unpaired) electrons. The summed E-state index contributed by atoms with van der Waals surface area (Å²) in [5.41, 5.74) is 7.01. The Kier molecular flexibility index (Phi) is 3.52. The summed E-state index contributed by atoms with van der Waals surface area (Å²) in [6, 6.07) is 5.69. The van der Waals surface area contributed by atoms with E-state index in [1.165, 1.54) is 0 Å². The lowest BCUT2D eigenvalue weighted by Gasteiger charge is -2.20. The van der Waals surface area contributed by atoms with Gasteiger partial charge in [-0.3, -0.25) is 4.79 Å². The molecule has 90 valence electrons. The lowest BCUT2D eigenvalue weighted by Crippen LogP contribution is -2.33. The molecule has 1 aromatic rings. The van der Waals surface area contributed by atoms with E-state index in [0.29, 0.717) is 23.8 Å². The third-order valence-electron chi connectivity index (χ3n) is 2.82. The van der Waals surface area contributed by atoms with Crippen molar-refractivity contribution in [2.45, 2.75) is 18.9 Å². The number of benzene rings is 1. The smallest absolute Gasteiger partial charge is 0.254 e. The fourth-order valence-corrected chi connectivity index (χ4v) is 2.01. The summed E-state index contributed by atoms with van der Waals surface area (Å²) in [6.45, 7) is 4.29. The van der Waals surface area contributed by atoms with Gasteiger partial charge in [0.25, 0.3) is 5.91 Å². The summed E-state index contributed by atoms with van der Waals surface area (Å²) >= 11 is 3.32. The zero-order chi connectivity index (χ0) is 12.4. The van der Waals surface area contributed by atoms with E-state index in [9.17, 15) is 4.79 Å². The van der Waals surface area contributed by atoms with Crippen LogP contribution in [0.25, 0.3) is 0 Å². The molecule has 1 amide bonds. The Morgan fingerprint density at radius 1 is 1.59 bits per heavy atom. The monoisotopic (exact) mass is 294 g/mol. The minimum absolute atomic E-state index is 0.0339. The van der Waals surface area contributed by atoms with Gasteiger partial charge in [-0.2, -0.15) is 0 Å². The highest BCUT2D eigenvalue weighted by Gasteiger charge is 2.32. The molecule has 1 aromatic carbocycles. The van der Waals surface area contributed by atoms with Crippen molar-refractivity contribution in [3.8, 4) is 0 Å². The molecular weight excluding hydrogens is 280 g/mol. The van der Waals surface area contributed by atoms with Crippen LogP contribution in [-0.2, 0) is 0 Å². The van der Waals surface area contributed by atoms with Gasteiger partial charge in [-0.1, -0.05) is 6.08 Å². The van der Waals surface area contributed by atoms with E-state index in [4.69, 9.17) is 5.73 Å². The summed E-state index contributed by atoms with van der Waals surface area (Å²) in [4.78, 5) is 14.1. The van der Waals surface area contributed by atoms with E-state index in [-0.39, 0.29) is 5.91 Å². The highest BCUT2D eigenvalue weighted by atomic mass is 79.9. The van der Waals surface area contributed by atoms with E-state index >= 15 is 0 Å². The van der Waals surface area contributed by atoms with Gasteiger partial charge in [-0.25, -0.2) is 0 Å². The van der Waals surface area contributed by atoms with E-state index in [1.54, 1.807) is 18.2 Å². The van der Waals surface area contributed by atoms with Crippen LogP contribution in [0.4, 0.5) is 5.69 Å². The lowest BCUT2D eigenvalue weighted by molar-refractivity contribution is 0.0762. The van der Waals surface area contributed by atoms with Crippen molar-refractivity contribution in [1.29, 1.82) is 0 Å². The van der Waals surface area contributed by atoms with Gasteiger partial charge in [0.1, 0.15) is 0 Å². The molecule has 1 saturated carbocycles. The van der Waals surface area contributed by atoms with Crippen molar-refractivity contribution in [1.82, 2.24) is 4.90 Å². The predicted octanol–water partition coefficient (Wildman–Crippen LogP) is 2.82. The van der Waals surface area contributed by atoms with Gasteiger partial charge in [-0.15, -0.1) is 6.58 Å². The molecular formula is C13H15BrN2O. The second kappa shape index (κ2) is 4.92. The number of halogens is 1. The predicted molar refractivity (Wildman–Crippen MR) is 72.8 cm³/mol. The molecule has 0 bridgehead atoms. The molecule has 2 N–H and O–H groups in total. The first-order valence-electron chi connectivity index (χ1n) is 5.60. The number of nitrogens with zero attached hydrogens (tertiary/aromatic N) is 1. The standard InChI is InChI=1S/C13H15BrN2O/c1-2-7-16(10-4-5-10)13(17)9-3-6-11(14)12(15)8-9/h2-3,6,8,10H,1,4-5,7,15H2. The number of hydrogen-bond donors (Lipinski definition) is 1. The first-order chi connectivity index (χ1) is 8.13. The van der Waals surface area contributed by atoms with E-state index in [1.807, 2.05) is 11.0 Å². The third kappa shape index (κ3) is 2.69. The number of nitrogens with two attached hydrogens (primary N) is 1. The number of anilines is 1. The number of hydrogen-bond acceptors (Lipinski definition) is 2. The van der Waals surface area contributed by atoms with Crippen LogP contribution in [0.5, 0.6) is 0 Å². The second-order valence-corrected chi connectivity index (χ2v) is 5.07. The average molecular weight is 295 g/mol. The van der Waals surface area contributed by atoms with Gasteiger partial charge in [0.05, 0.1) is 0 Å². The molecule has 2 rings (SSSR count). The Morgan fingerprint density at radius 2 is 2.29 bits per heavy atom. The van der Waals surface area contributed by atoms with Crippen LogP contribution in [0, 0.1) is 0 Å². The highest BCUT2D eigenvalue weighted by molar-refractivity contribution is 9.10. The summed E-state index contributed by atoms with van der Waals surface area (Å²) in [7, 11) is 0. The van der Waals surface area contributed by atoms with E-state index in [0.717, 1.165) is 17.3 Å². The van der Waals surface area contributed by atoms with Gasteiger partial charge < -0.3 is 10.6 Å². The van der Waals surface area contributed by atoms with Crippen molar-refractivity contribution in [3.63, 3.8) is 0 Å². The Bertz CT molecular complexity index is 455. The van der Waals surface area contributed by atoms with Gasteiger partial charge in [0.15, 0.2) is 0 Å². The first-order valence-corrected chi connectivity index (χ1v) is 6.39. The quantitative estimate of drug-likeness (QED) is 0.686. The zero-order valence-corrected chi connectivity index (χ0v) is 11.1. The Morgan fingerprint density at radius 3 is 2.82 bits per heavy atom. The Labute approximate surface area is 109 Å². The molecule has 0 spiro atoms. The molecule has 0 atom stereocenters. The second-order valence-electron chi connectivity index (χ2n) is 4.21. The van der Waals surface area contributed by atoms with Gasteiger partial charge >= 0.3 is 0 Å². The molecule has 0 saturated heterocycles. The van der Waals surface area contributed by atoms with Crippen LogP contribution in [0.15, 0.2) is 35.3 Å². The van der Waals surface area contributed by atoms with Crippen LogP contribution in [0.2, 0.25) is 0 Å². The molecule has 0 aliphatic heterocycles. The minimum atomic E-state index is 0.0339. The van der Waals surface area contributed by atoms with Crippen LogP contribution in [0.1, 0.15) is 23.2 Å². The van der Waals surface area contributed by atoms with Crippen LogP contribution in [0.3, 0.4) is 0 Å². The van der Waals surface area contributed by atoms with Gasteiger partial charge in [-0.05, 0) is 47.0 Å². The summed E-state index contributed by atoms with van der Waals surface area (Å²) < 4.78 is 0.816. The first kappa shape index (κ1) is 12.2. The molecule has 0 heterocycles. The highest BCUT2D eigenvalue weighted by Crippen LogP contribution is 2.29. The van der Waals surface area contributed by atoms with Crippen LogP contribution >= 0.6 is 15.9 Å². The third-order valence-corrected chi connectivity index (χ3v) is 3.54. The maximum Gasteiger partial charge on any atom is 0.254 e. The van der Waals surface area contributed by atoms with Crippen molar-refractivity contribution in [2.75, 3.05) is 12.3 Å². The molecule has 3 nitrogen and oxygen atoms in total. The topological polar surface area (TPSA) is 46.3 Å². The number of nitrogen functional groups attached to an aromatic ring is 1. The normalized spacial score (nSPS) is 14.4. The maximum absolute atomic E-state index is 12.3. The SMILES string of the molecule is C=CCN(C(=O)c1ccc(Br)c(N)c1)C1CC1. The molecule has 1 aliphatic carbocycles. The van der Waals surface area contributed by atoms with Crippen molar-refractivity contribution in [3.05, 3.63) is 40.9 Å². The maximum atomic E-state index is 12.3. The Balaban J connectivity index is 2.21. The molecule has 0 aromatic heterocycles. The molecule has 1 fully saturated rings. The van der Waals surface area contributed by atoms with Gasteiger partial charge in [0, 0.05) is 28.3 Å². The van der Waals surface area contributed by atoms with Crippen molar-refractivity contribution in [2.24, 2.45) is 0 Å².